The summed E-state index contributed by atoms with van der Waals surface area (Å²) in [5.74, 6) is -0.324. The lowest BCUT2D eigenvalue weighted by Crippen LogP contribution is -2.00. The van der Waals surface area contributed by atoms with Crippen LogP contribution in [-0.2, 0) is 4.79 Å². The molecule has 0 bridgehead atoms. The first-order valence-electron chi connectivity index (χ1n) is 7.03. The van der Waals surface area contributed by atoms with Gasteiger partial charge in [-0.15, -0.1) is 11.3 Å². The van der Waals surface area contributed by atoms with Gasteiger partial charge in [0.25, 0.3) is 0 Å². The van der Waals surface area contributed by atoms with E-state index >= 15 is 0 Å². The van der Waals surface area contributed by atoms with Crippen molar-refractivity contribution in [1.29, 1.82) is 0 Å². The fourth-order valence-electron chi connectivity index (χ4n) is 1.92. The number of hydrogen-bond donors (Lipinski definition) is 1. The van der Waals surface area contributed by atoms with Crippen molar-refractivity contribution in [3.63, 3.8) is 0 Å². The van der Waals surface area contributed by atoms with Crippen molar-refractivity contribution in [1.82, 2.24) is 0 Å². The summed E-state index contributed by atoms with van der Waals surface area (Å²) >= 11 is 7.42. The number of carboxylic acid groups (broad SMARTS) is 1. The Bertz CT molecular complexity index is 663. The predicted octanol–water partition coefficient (Wildman–Crippen LogP) is 5.21. The van der Waals surface area contributed by atoms with E-state index in [9.17, 15) is 9.90 Å². The summed E-state index contributed by atoms with van der Waals surface area (Å²) in [5.41, 5.74) is 0.909. The van der Waals surface area contributed by atoms with Gasteiger partial charge in [0.2, 0.25) is 0 Å². The van der Waals surface area contributed by atoms with Gasteiger partial charge in [-0.2, -0.15) is 0 Å². The van der Waals surface area contributed by atoms with E-state index in [2.05, 4.69) is 6.92 Å². The molecule has 0 aliphatic rings. The minimum atomic E-state index is -0.970. The molecule has 0 saturated heterocycles. The number of thiophene rings is 1. The molecule has 0 amide bonds. The number of ether oxygens (including phenoxy) is 1. The summed E-state index contributed by atoms with van der Waals surface area (Å²) < 4.78 is 5.74. The predicted molar refractivity (Wildman–Crippen MR) is 91.7 cm³/mol. The Labute approximate surface area is 138 Å². The zero-order valence-corrected chi connectivity index (χ0v) is 13.8. The second-order valence-corrected chi connectivity index (χ2v) is 6.11. The highest BCUT2D eigenvalue weighted by atomic mass is 35.5. The Morgan fingerprint density at radius 1 is 1.41 bits per heavy atom. The van der Waals surface area contributed by atoms with Crippen LogP contribution < -0.4 is 4.74 Å². The lowest BCUT2D eigenvalue weighted by Gasteiger charge is -2.10. The fraction of sp³-hybridized carbons (Fsp3) is 0.235. The summed E-state index contributed by atoms with van der Waals surface area (Å²) in [7, 11) is 0. The topological polar surface area (TPSA) is 46.5 Å². The van der Waals surface area contributed by atoms with E-state index in [1.54, 1.807) is 30.3 Å². The molecule has 0 fully saturated rings. The molecule has 1 heterocycles. The molecule has 2 aromatic rings. The van der Waals surface area contributed by atoms with Crippen molar-refractivity contribution in [2.45, 2.75) is 19.8 Å². The number of unbranched alkanes of at least 4 members (excludes halogenated alkanes) is 1. The van der Waals surface area contributed by atoms with Gasteiger partial charge in [-0.05, 0) is 42.1 Å². The molecular formula is C17H17ClO3S. The van der Waals surface area contributed by atoms with Gasteiger partial charge in [-0.1, -0.05) is 31.0 Å². The molecule has 116 valence electrons. The number of rotatable bonds is 7. The number of aliphatic carboxylic acids is 1. The smallest absolute Gasteiger partial charge is 0.337 e. The number of carbonyl (C=O) groups is 1. The van der Waals surface area contributed by atoms with E-state index in [1.165, 1.54) is 11.3 Å². The molecular weight excluding hydrogens is 320 g/mol. The van der Waals surface area contributed by atoms with Gasteiger partial charge >= 0.3 is 5.97 Å². The monoisotopic (exact) mass is 336 g/mol. The molecule has 0 spiro atoms. The zero-order valence-electron chi connectivity index (χ0n) is 12.2. The van der Waals surface area contributed by atoms with E-state index in [4.69, 9.17) is 16.3 Å². The zero-order chi connectivity index (χ0) is 15.9. The standard InChI is InChI=1S/C17H17ClO3S/c1-2-3-8-21-15-7-6-13(18)10-12(15)11-14(17(19)20)16-5-4-9-22-16/h4-7,9-11H,2-3,8H2,1H3,(H,19,20)/b14-11-. The normalized spacial score (nSPS) is 11.5. The van der Waals surface area contributed by atoms with Gasteiger partial charge in [-0.25, -0.2) is 4.79 Å². The van der Waals surface area contributed by atoms with Crippen LogP contribution in [0.1, 0.15) is 30.2 Å². The number of halogens is 1. The summed E-state index contributed by atoms with van der Waals surface area (Å²) in [6, 6.07) is 8.85. The first-order valence-corrected chi connectivity index (χ1v) is 8.28. The number of hydrogen-bond acceptors (Lipinski definition) is 3. The highest BCUT2D eigenvalue weighted by Crippen LogP contribution is 2.29. The Hall–Kier alpha value is -1.78. The van der Waals surface area contributed by atoms with Crippen LogP contribution >= 0.6 is 22.9 Å². The Morgan fingerprint density at radius 3 is 2.86 bits per heavy atom. The summed E-state index contributed by atoms with van der Waals surface area (Å²) in [4.78, 5) is 12.2. The lowest BCUT2D eigenvalue weighted by atomic mass is 10.1. The summed E-state index contributed by atoms with van der Waals surface area (Å²) in [6.07, 6.45) is 3.60. The molecule has 1 N–H and O–H groups in total. The average Bonchev–Trinajstić information content (AvgIpc) is 3.00. The third kappa shape index (κ3) is 4.36. The van der Waals surface area contributed by atoms with E-state index in [0.717, 1.165) is 12.8 Å². The molecule has 0 saturated carbocycles. The molecule has 5 heteroatoms. The van der Waals surface area contributed by atoms with Crippen LogP contribution in [0.3, 0.4) is 0 Å². The van der Waals surface area contributed by atoms with Crippen LogP contribution in [0, 0.1) is 0 Å². The number of carboxylic acids is 1. The molecule has 2 rings (SSSR count). The van der Waals surface area contributed by atoms with Crippen molar-refractivity contribution in [2.24, 2.45) is 0 Å². The van der Waals surface area contributed by atoms with E-state index in [0.29, 0.717) is 27.8 Å². The van der Waals surface area contributed by atoms with Gasteiger partial charge in [-0.3, -0.25) is 0 Å². The van der Waals surface area contributed by atoms with Crippen molar-refractivity contribution in [3.8, 4) is 5.75 Å². The molecule has 22 heavy (non-hydrogen) atoms. The lowest BCUT2D eigenvalue weighted by molar-refractivity contribution is -0.130. The highest BCUT2D eigenvalue weighted by Gasteiger charge is 2.13. The van der Waals surface area contributed by atoms with Gasteiger partial charge < -0.3 is 9.84 Å². The van der Waals surface area contributed by atoms with E-state index in [1.807, 2.05) is 11.4 Å². The van der Waals surface area contributed by atoms with Gasteiger partial charge in [0.1, 0.15) is 5.75 Å². The maximum atomic E-state index is 11.5. The minimum Gasteiger partial charge on any atom is -0.493 e. The van der Waals surface area contributed by atoms with Crippen LogP contribution in [0.4, 0.5) is 0 Å². The summed E-state index contributed by atoms with van der Waals surface area (Å²) in [5, 5.41) is 11.8. The highest BCUT2D eigenvalue weighted by molar-refractivity contribution is 7.11. The van der Waals surface area contributed by atoms with Crippen molar-refractivity contribution in [2.75, 3.05) is 6.61 Å². The SMILES string of the molecule is CCCCOc1ccc(Cl)cc1/C=C(\C(=O)O)c1cccs1. The molecule has 1 aromatic heterocycles. The van der Waals surface area contributed by atoms with Crippen molar-refractivity contribution >= 4 is 40.6 Å². The van der Waals surface area contributed by atoms with Gasteiger partial charge in [0, 0.05) is 15.5 Å². The average molecular weight is 337 g/mol. The van der Waals surface area contributed by atoms with Crippen LogP contribution in [-0.4, -0.2) is 17.7 Å². The van der Waals surface area contributed by atoms with Crippen LogP contribution in [0.2, 0.25) is 5.02 Å². The molecule has 0 atom stereocenters. The quantitative estimate of drug-likeness (QED) is 0.558. The Balaban J connectivity index is 2.38. The molecule has 3 nitrogen and oxygen atoms in total. The maximum Gasteiger partial charge on any atom is 0.337 e. The molecule has 1 aromatic carbocycles. The van der Waals surface area contributed by atoms with Crippen molar-refractivity contribution < 1.29 is 14.6 Å². The second kappa shape index (κ2) is 8.01. The van der Waals surface area contributed by atoms with E-state index < -0.39 is 5.97 Å². The summed E-state index contributed by atoms with van der Waals surface area (Å²) in [6.45, 7) is 2.69. The fourth-order valence-corrected chi connectivity index (χ4v) is 2.83. The van der Waals surface area contributed by atoms with E-state index in [-0.39, 0.29) is 5.57 Å². The minimum absolute atomic E-state index is 0.234. The first kappa shape index (κ1) is 16.6. The second-order valence-electron chi connectivity index (χ2n) is 4.72. The Morgan fingerprint density at radius 2 is 2.23 bits per heavy atom. The molecule has 0 unspecified atom stereocenters. The van der Waals surface area contributed by atoms with Crippen molar-refractivity contribution in [3.05, 3.63) is 51.2 Å². The largest absolute Gasteiger partial charge is 0.493 e. The van der Waals surface area contributed by atoms with Crippen LogP contribution in [0.15, 0.2) is 35.7 Å². The third-order valence-electron chi connectivity index (χ3n) is 3.04. The van der Waals surface area contributed by atoms with Crippen LogP contribution in [0.25, 0.3) is 11.6 Å². The first-order chi connectivity index (χ1) is 10.6. The number of benzene rings is 1. The third-order valence-corrected chi connectivity index (χ3v) is 4.18. The Kier molecular flexibility index (Phi) is 6.04. The molecule has 0 aliphatic carbocycles. The van der Waals surface area contributed by atoms with Crippen LogP contribution in [0.5, 0.6) is 5.75 Å². The molecule has 0 radical (unpaired) electrons. The van der Waals surface area contributed by atoms with Gasteiger partial charge in [0.05, 0.1) is 12.2 Å². The maximum absolute atomic E-state index is 11.5. The van der Waals surface area contributed by atoms with Gasteiger partial charge in [0.15, 0.2) is 0 Å². The molecule has 0 aliphatic heterocycles.